The van der Waals surface area contributed by atoms with Gasteiger partial charge in [0.05, 0.1) is 12.4 Å². The molecule has 1 N–H and O–H groups in total. The number of hydrogen-bond donors (Lipinski definition) is 1. The molecule has 1 fully saturated rings. The molecule has 4 rings (SSSR count). The number of hydrogen-bond acceptors (Lipinski definition) is 4. The lowest BCUT2D eigenvalue weighted by Crippen LogP contribution is -2.44. The van der Waals surface area contributed by atoms with Crippen molar-refractivity contribution < 1.29 is 4.79 Å². The van der Waals surface area contributed by atoms with Gasteiger partial charge in [-0.05, 0) is 75.0 Å². The lowest BCUT2D eigenvalue weighted by atomic mass is 9.95. The standard InChI is InChI=1S/C28H37N5OS/c1-19(2)22(5)29-27(34)24-13-15-31(16-14-24)18-32-28(35)33(25-12-11-20(3)21(4)17-25)26(30-32)23-9-7-6-8-10-23/h6-12,17,19,22,24H,13-16,18H2,1-5H3,(H,29,34). The zero-order valence-electron chi connectivity index (χ0n) is 21.5. The highest BCUT2D eigenvalue weighted by atomic mass is 32.1. The van der Waals surface area contributed by atoms with Crippen LogP contribution < -0.4 is 5.32 Å². The Bertz CT molecular complexity index is 1220. The molecule has 6 nitrogen and oxygen atoms in total. The maximum atomic E-state index is 12.7. The summed E-state index contributed by atoms with van der Waals surface area (Å²) in [6.07, 6.45) is 1.71. The second-order valence-electron chi connectivity index (χ2n) is 10.2. The number of rotatable bonds is 7. The smallest absolute Gasteiger partial charge is 0.223 e. The second-order valence-corrected chi connectivity index (χ2v) is 10.5. The molecule has 0 aliphatic carbocycles. The zero-order valence-corrected chi connectivity index (χ0v) is 22.3. The number of nitrogens with one attached hydrogen (secondary N) is 1. The van der Waals surface area contributed by atoms with Crippen LogP contribution in [0.4, 0.5) is 0 Å². The molecule has 1 saturated heterocycles. The topological polar surface area (TPSA) is 55.1 Å². The Hall–Kier alpha value is -2.77. The van der Waals surface area contributed by atoms with Gasteiger partial charge in [-0.1, -0.05) is 50.2 Å². The Labute approximate surface area is 214 Å². The molecule has 0 bridgehead atoms. The Morgan fingerprint density at radius 3 is 2.37 bits per heavy atom. The van der Waals surface area contributed by atoms with Gasteiger partial charge in [-0.3, -0.25) is 14.3 Å². The lowest BCUT2D eigenvalue weighted by Gasteiger charge is -2.32. The molecule has 3 aromatic rings. The average molecular weight is 492 g/mol. The molecule has 0 radical (unpaired) electrons. The largest absolute Gasteiger partial charge is 0.353 e. The van der Waals surface area contributed by atoms with Crippen molar-refractivity contribution in [1.82, 2.24) is 24.6 Å². The highest BCUT2D eigenvalue weighted by Gasteiger charge is 2.27. The van der Waals surface area contributed by atoms with E-state index in [4.69, 9.17) is 17.3 Å². The lowest BCUT2D eigenvalue weighted by molar-refractivity contribution is -0.127. The molecule has 0 spiro atoms. The van der Waals surface area contributed by atoms with Crippen LogP contribution in [0, 0.1) is 30.5 Å². The van der Waals surface area contributed by atoms with E-state index in [1.54, 1.807) is 0 Å². The quantitative estimate of drug-likeness (QED) is 0.442. The summed E-state index contributed by atoms with van der Waals surface area (Å²) >= 11 is 5.95. The van der Waals surface area contributed by atoms with E-state index in [9.17, 15) is 4.79 Å². The number of aryl methyl sites for hydroxylation is 2. The van der Waals surface area contributed by atoms with E-state index in [-0.39, 0.29) is 17.9 Å². The number of carbonyl (C=O) groups is 1. The van der Waals surface area contributed by atoms with Crippen molar-refractivity contribution in [3.8, 4) is 17.1 Å². The third-order valence-corrected chi connectivity index (χ3v) is 7.68. The fourth-order valence-corrected chi connectivity index (χ4v) is 4.70. The van der Waals surface area contributed by atoms with E-state index in [1.165, 1.54) is 11.1 Å². The Morgan fingerprint density at radius 2 is 1.74 bits per heavy atom. The van der Waals surface area contributed by atoms with E-state index >= 15 is 0 Å². The van der Waals surface area contributed by atoms with Crippen LogP contribution in [-0.4, -0.2) is 44.3 Å². The Morgan fingerprint density at radius 1 is 1.06 bits per heavy atom. The van der Waals surface area contributed by atoms with Crippen LogP contribution in [0.5, 0.6) is 0 Å². The average Bonchev–Trinajstić information content (AvgIpc) is 3.17. The van der Waals surface area contributed by atoms with Gasteiger partial charge >= 0.3 is 0 Å². The van der Waals surface area contributed by atoms with Crippen molar-refractivity contribution in [2.45, 2.75) is 60.2 Å². The number of benzene rings is 2. The normalized spacial score (nSPS) is 15.9. The summed E-state index contributed by atoms with van der Waals surface area (Å²) < 4.78 is 4.68. The van der Waals surface area contributed by atoms with Crippen molar-refractivity contribution in [1.29, 1.82) is 0 Å². The van der Waals surface area contributed by atoms with Gasteiger partial charge in [0, 0.05) is 30.6 Å². The Balaban J connectivity index is 1.54. The van der Waals surface area contributed by atoms with Gasteiger partial charge in [-0.25, -0.2) is 4.68 Å². The molecular weight excluding hydrogens is 454 g/mol. The minimum Gasteiger partial charge on any atom is -0.353 e. The van der Waals surface area contributed by atoms with E-state index in [2.05, 4.69) is 79.7 Å². The van der Waals surface area contributed by atoms with E-state index in [0.29, 0.717) is 17.4 Å². The highest BCUT2D eigenvalue weighted by Crippen LogP contribution is 2.25. The van der Waals surface area contributed by atoms with Gasteiger partial charge in [-0.2, -0.15) is 0 Å². The summed E-state index contributed by atoms with van der Waals surface area (Å²) in [6, 6.07) is 16.8. The van der Waals surface area contributed by atoms with Crippen LogP contribution in [0.25, 0.3) is 17.1 Å². The van der Waals surface area contributed by atoms with Gasteiger partial charge in [0.2, 0.25) is 10.7 Å². The predicted molar refractivity (Wildman–Crippen MR) is 144 cm³/mol. The zero-order chi connectivity index (χ0) is 25.1. The molecule has 35 heavy (non-hydrogen) atoms. The SMILES string of the molecule is Cc1ccc(-n2c(-c3ccccc3)nn(CN3CCC(C(=O)NC(C)C(C)C)CC3)c2=S)cc1C. The number of nitrogens with zero attached hydrogens (tertiary/aromatic N) is 4. The molecule has 1 amide bonds. The summed E-state index contributed by atoms with van der Waals surface area (Å²) in [5.74, 6) is 1.55. The molecule has 7 heteroatoms. The summed E-state index contributed by atoms with van der Waals surface area (Å²) in [7, 11) is 0. The van der Waals surface area contributed by atoms with Crippen LogP contribution >= 0.6 is 12.2 Å². The van der Waals surface area contributed by atoms with Gasteiger partial charge in [0.15, 0.2) is 5.82 Å². The van der Waals surface area contributed by atoms with E-state index in [0.717, 1.165) is 43.0 Å². The summed E-state index contributed by atoms with van der Waals surface area (Å²) in [5.41, 5.74) is 4.54. The molecule has 2 heterocycles. The highest BCUT2D eigenvalue weighted by molar-refractivity contribution is 7.71. The molecule has 1 unspecified atom stereocenters. The number of carbonyl (C=O) groups excluding carboxylic acids is 1. The number of likely N-dealkylation sites (tertiary alicyclic amines) is 1. The van der Waals surface area contributed by atoms with E-state index < -0.39 is 0 Å². The molecule has 1 aliphatic rings. The fraction of sp³-hybridized carbons (Fsp3) is 0.464. The summed E-state index contributed by atoms with van der Waals surface area (Å²) in [5, 5.41) is 8.15. The first-order valence-corrected chi connectivity index (χ1v) is 13.0. The van der Waals surface area contributed by atoms with Crippen molar-refractivity contribution in [2.75, 3.05) is 13.1 Å². The first kappa shape index (κ1) is 25.3. The molecule has 186 valence electrons. The third kappa shape index (κ3) is 5.73. The molecule has 1 aromatic heterocycles. The van der Waals surface area contributed by atoms with Crippen LogP contribution in [0.1, 0.15) is 44.7 Å². The number of aromatic nitrogens is 3. The maximum Gasteiger partial charge on any atom is 0.223 e. The molecule has 0 saturated carbocycles. The van der Waals surface area contributed by atoms with Gasteiger partial charge in [0.1, 0.15) is 0 Å². The maximum absolute atomic E-state index is 12.7. The van der Waals surface area contributed by atoms with Crippen molar-refractivity contribution in [3.05, 3.63) is 64.4 Å². The van der Waals surface area contributed by atoms with Crippen LogP contribution in [0.15, 0.2) is 48.5 Å². The molecule has 2 aromatic carbocycles. The summed E-state index contributed by atoms with van der Waals surface area (Å²) in [4.78, 5) is 15.0. The minimum absolute atomic E-state index is 0.0772. The first-order valence-electron chi connectivity index (χ1n) is 12.6. The number of piperidine rings is 1. The minimum atomic E-state index is 0.0772. The van der Waals surface area contributed by atoms with E-state index in [1.807, 2.05) is 22.9 Å². The van der Waals surface area contributed by atoms with Gasteiger partial charge in [-0.15, -0.1) is 5.10 Å². The second kappa shape index (κ2) is 10.9. The third-order valence-electron chi connectivity index (χ3n) is 7.28. The number of amides is 1. The van der Waals surface area contributed by atoms with Crippen LogP contribution in [0.2, 0.25) is 0 Å². The monoisotopic (exact) mass is 491 g/mol. The molecule has 1 aliphatic heterocycles. The predicted octanol–water partition coefficient (Wildman–Crippen LogP) is 5.52. The molecular formula is C28H37N5OS. The van der Waals surface area contributed by atoms with Crippen molar-refractivity contribution >= 4 is 18.1 Å². The van der Waals surface area contributed by atoms with Crippen LogP contribution in [-0.2, 0) is 11.5 Å². The Kier molecular flexibility index (Phi) is 7.87. The summed E-state index contributed by atoms with van der Waals surface area (Å²) in [6.45, 7) is 12.9. The first-order chi connectivity index (χ1) is 16.7. The molecule has 1 atom stereocenters. The van der Waals surface area contributed by atoms with Crippen molar-refractivity contribution in [3.63, 3.8) is 0 Å². The van der Waals surface area contributed by atoms with Gasteiger partial charge in [0.25, 0.3) is 0 Å². The fourth-order valence-electron chi connectivity index (χ4n) is 4.41. The van der Waals surface area contributed by atoms with Crippen molar-refractivity contribution in [2.24, 2.45) is 11.8 Å². The van der Waals surface area contributed by atoms with Gasteiger partial charge < -0.3 is 5.32 Å². The van der Waals surface area contributed by atoms with Crippen LogP contribution in [0.3, 0.4) is 0 Å².